The van der Waals surface area contributed by atoms with Gasteiger partial charge in [0.2, 0.25) is 6.16 Å². The molecule has 0 aromatic heterocycles. The third-order valence-corrected chi connectivity index (χ3v) is 14.8. The molecule has 0 bridgehead atoms. The fourth-order valence-corrected chi connectivity index (χ4v) is 12.1. The summed E-state index contributed by atoms with van der Waals surface area (Å²) < 4.78 is 28.8. The minimum atomic E-state index is -2.94. The number of ether oxygens (including phenoxy) is 1. The minimum absolute atomic E-state index is 0.0184. The van der Waals surface area contributed by atoms with Crippen LogP contribution < -0.4 is 15.7 Å². The largest absolute Gasteiger partial charge is 0.513 e. The Morgan fingerprint density at radius 2 is 1.35 bits per heavy atom. The minimum Gasteiger partial charge on any atom is -0.469 e. The van der Waals surface area contributed by atoms with Crippen LogP contribution in [0.1, 0.15) is 91.4 Å². The molecule has 0 spiro atoms. The van der Waals surface area contributed by atoms with Crippen LogP contribution in [-0.4, -0.2) is 57.6 Å². The van der Waals surface area contributed by atoms with Crippen molar-refractivity contribution in [1.29, 1.82) is 0 Å². The highest BCUT2D eigenvalue weighted by molar-refractivity contribution is 7.39. The Bertz CT molecular complexity index is 1030. The maximum Gasteiger partial charge on any atom is 0.513 e. The zero-order chi connectivity index (χ0) is 31.1. The van der Waals surface area contributed by atoms with Gasteiger partial charge in [-0.3, -0.25) is 4.79 Å². The summed E-state index contributed by atoms with van der Waals surface area (Å²) in [6, 6.07) is 21.7. The number of hydrogen-bond donors (Lipinski definition) is 2. The third-order valence-electron chi connectivity index (χ3n) is 8.62. The van der Waals surface area contributed by atoms with Gasteiger partial charge in [0.15, 0.2) is 6.79 Å². The molecule has 2 saturated carbocycles. The number of esters is 1. The number of rotatable bonds is 12. The highest BCUT2D eigenvalue weighted by Gasteiger charge is 2.52. The Kier molecular flexibility index (Phi) is 15.0. The lowest BCUT2D eigenvalue weighted by Crippen LogP contribution is -2.68. The standard InChI is InChI=1S/C22H30O6PSi.C12H23N/c1-22(2,3)30(19-11-7-5-8-12-19,20-13-9-6-10-14-20)28-18(15-21(24)26-4)16-29(25)27-17-23;1-3-7-11(8-4-1)13-12-9-5-2-6-10-12/h5-14,18,23H,15-17H2,1-4H3;11-13H,1-10H2/q+1;/t18-;/m0./s1. The monoisotopic (exact) mass is 630 g/mol. The molecule has 2 N–H and O–H groups in total. The Hall–Kier alpha value is -1.93. The molecule has 2 aliphatic rings. The van der Waals surface area contributed by atoms with E-state index in [4.69, 9.17) is 18.8 Å². The van der Waals surface area contributed by atoms with Crippen molar-refractivity contribution in [3.8, 4) is 0 Å². The van der Waals surface area contributed by atoms with Crippen LogP contribution in [0.2, 0.25) is 5.04 Å². The molecule has 2 aromatic rings. The molecule has 0 aliphatic heterocycles. The zero-order valence-electron chi connectivity index (χ0n) is 26.6. The summed E-state index contributed by atoms with van der Waals surface area (Å²) in [5.41, 5.74) is 0. The predicted molar refractivity (Wildman–Crippen MR) is 177 cm³/mol. The van der Waals surface area contributed by atoms with Gasteiger partial charge in [-0.15, -0.1) is 4.52 Å². The van der Waals surface area contributed by atoms with Crippen LogP contribution in [-0.2, 0) is 23.0 Å². The van der Waals surface area contributed by atoms with E-state index in [1.54, 1.807) is 0 Å². The molecular weight excluding hydrogens is 577 g/mol. The number of benzene rings is 2. The molecule has 0 saturated heterocycles. The van der Waals surface area contributed by atoms with Gasteiger partial charge < -0.3 is 19.6 Å². The van der Waals surface area contributed by atoms with Crippen LogP contribution in [0.3, 0.4) is 0 Å². The van der Waals surface area contributed by atoms with Gasteiger partial charge in [0.05, 0.1) is 13.5 Å². The summed E-state index contributed by atoms with van der Waals surface area (Å²) in [6.07, 6.45) is 13.8. The van der Waals surface area contributed by atoms with Gasteiger partial charge >= 0.3 is 14.0 Å². The predicted octanol–water partition coefficient (Wildman–Crippen LogP) is 6.44. The second kappa shape index (κ2) is 18.1. The van der Waals surface area contributed by atoms with Crippen LogP contribution >= 0.6 is 8.03 Å². The van der Waals surface area contributed by atoms with Crippen molar-refractivity contribution in [2.45, 2.75) is 115 Å². The van der Waals surface area contributed by atoms with E-state index in [1.165, 1.54) is 71.3 Å². The molecule has 0 radical (unpaired) electrons. The molecule has 43 heavy (non-hydrogen) atoms. The van der Waals surface area contributed by atoms with Crippen molar-refractivity contribution in [3.63, 3.8) is 0 Å². The molecule has 9 heteroatoms. The summed E-state index contributed by atoms with van der Waals surface area (Å²) >= 11 is 0. The lowest BCUT2D eigenvalue weighted by Gasteiger charge is -2.44. The van der Waals surface area contributed by atoms with Crippen LogP contribution in [0.5, 0.6) is 0 Å². The van der Waals surface area contributed by atoms with Crippen LogP contribution in [0.15, 0.2) is 60.7 Å². The molecule has 0 amide bonds. The fraction of sp³-hybridized carbons (Fsp3) is 0.618. The van der Waals surface area contributed by atoms with Gasteiger partial charge in [-0.1, -0.05) is 120 Å². The average molecular weight is 631 g/mol. The first-order chi connectivity index (χ1) is 20.7. The number of aliphatic hydroxyl groups excluding tert-OH is 1. The topological polar surface area (TPSA) is 94.1 Å². The molecule has 2 atom stereocenters. The summed E-state index contributed by atoms with van der Waals surface area (Å²) in [5.74, 6) is -0.453. The van der Waals surface area contributed by atoms with E-state index >= 15 is 0 Å². The summed E-state index contributed by atoms with van der Waals surface area (Å²) in [6.45, 7) is 5.72. The van der Waals surface area contributed by atoms with Crippen LogP contribution in [0.25, 0.3) is 0 Å². The molecule has 2 aliphatic carbocycles. The van der Waals surface area contributed by atoms with E-state index in [2.05, 4.69) is 26.1 Å². The number of carbonyl (C=O) groups is 1. The Labute approximate surface area is 261 Å². The first-order valence-electron chi connectivity index (χ1n) is 16.0. The van der Waals surface area contributed by atoms with Gasteiger partial charge in [0.1, 0.15) is 6.10 Å². The van der Waals surface area contributed by atoms with E-state index in [0.29, 0.717) is 0 Å². The van der Waals surface area contributed by atoms with Gasteiger partial charge in [-0.2, -0.15) is 0 Å². The van der Waals surface area contributed by atoms with E-state index in [9.17, 15) is 9.36 Å². The second-order valence-electron chi connectivity index (χ2n) is 12.8. The van der Waals surface area contributed by atoms with E-state index in [1.807, 2.05) is 60.7 Å². The maximum atomic E-state index is 12.3. The van der Waals surface area contributed by atoms with Gasteiger partial charge in [0, 0.05) is 12.1 Å². The summed E-state index contributed by atoms with van der Waals surface area (Å²) in [4.78, 5) is 12.1. The lowest BCUT2D eigenvalue weighted by molar-refractivity contribution is -0.142. The SMILES string of the molecule is C1CCC(NC2CCCCC2)CC1.COC(=O)C[C@@H](C[P+](=O)OCO)O[Si](c1ccccc1)(c1ccccc1)C(C)(C)C. The maximum absolute atomic E-state index is 12.3. The van der Waals surface area contributed by atoms with E-state index in [-0.39, 0.29) is 17.6 Å². The van der Waals surface area contributed by atoms with Crippen molar-refractivity contribution < 1.29 is 28.2 Å². The van der Waals surface area contributed by atoms with Crippen molar-refractivity contribution in [1.82, 2.24) is 5.32 Å². The molecule has 238 valence electrons. The van der Waals surface area contributed by atoms with Gasteiger partial charge in [0.25, 0.3) is 8.32 Å². The normalized spacial score (nSPS) is 17.8. The quantitative estimate of drug-likeness (QED) is 0.121. The smallest absolute Gasteiger partial charge is 0.469 e. The van der Waals surface area contributed by atoms with Gasteiger partial charge in [-0.05, 0) is 45.7 Å². The molecular formula is C34H53NO6PSi+. The Morgan fingerprint density at radius 1 is 0.884 bits per heavy atom. The van der Waals surface area contributed by atoms with Gasteiger partial charge in [-0.25, -0.2) is 0 Å². The second-order valence-corrected chi connectivity index (χ2v) is 18.3. The summed E-state index contributed by atoms with van der Waals surface area (Å²) in [7, 11) is -3.82. The Balaban J connectivity index is 0.000000321. The summed E-state index contributed by atoms with van der Waals surface area (Å²) in [5, 5.41) is 14.6. The zero-order valence-corrected chi connectivity index (χ0v) is 28.5. The van der Waals surface area contributed by atoms with E-state index in [0.717, 1.165) is 22.5 Å². The fourth-order valence-electron chi connectivity index (χ4n) is 6.51. The number of nitrogens with one attached hydrogen (secondary N) is 1. The average Bonchev–Trinajstić information content (AvgIpc) is 3.01. The molecule has 4 rings (SSSR count). The van der Waals surface area contributed by atoms with E-state index < -0.39 is 35.2 Å². The van der Waals surface area contributed by atoms with Crippen molar-refractivity contribution in [3.05, 3.63) is 60.7 Å². The lowest BCUT2D eigenvalue weighted by atomic mass is 9.91. The number of carbonyl (C=O) groups excluding carboxylic acids is 1. The third kappa shape index (κ3) is 10.9. The highest BCUT2D eigenvalue weighted by atomic mass is 31.1. The van der Waals surface area contributed by atoms with Crippen molar-refractivity contribution in [2.24, 2.45) is 0 Å². The number of methoxy groups -OCH3 is 1. The number of aliphatic hydroxyl groups is 1. The molecule has 7 nitrogen and oxygen atoms in total. The first kappa shape index (κ1) is 35.5. The van der Waals surface area contributed by atoms with Crippen molar-refractivity contribution >= 4 is 32.7 Å². The first-order valence-corrected chi connectivity index (χ1v) is 19.3. The van der Waals surface area contributed by atoms with Crippen LogP contribution in [0, 0.1) is 0 Å². The molecule has 0 heterocycles. The number of hydrogen-bond acceptors (Lipinski definition) is 7. The molecule has 1 unspecified atom stereocenters. The molecule has 2 fully saturated rings. The van der Waals surface area contributed by atoms with Crippen molar-refractivity contribution in [2.75, 3.05) is 20.1 Å². The molecule has 2 aromatic carbocycles. The Morgan fingerprint density at radius 3 is 1.74 bits per heavy atom. The highest BCUT2D eigenvalue weighted by Crippen LogP contribution is 2.39. The van der Waals surface area contributed by atoms with Crippen LogP contribution in [0.4, 0.5) is 0 Å².